The van der Waals surface area contributed by atoms with Gasteiger partial charge in [0.25, 0.3) is 0 Å². The van der Waals surface area contributed by atoms with Gasteiger partial charge in [-0.25, -0.2) is 4.98 Å². The number of hydrogen-bond donors (Lipinski definition) is 2. The summed E-state index contributed by atoms with van der Waals surface area (Å²) in [5.41, 5.74) is 5.92. The molecule has 1 amide bonds. The first kappa shape index (κ1) is 8.00. The molecule has 0 saturated heterocycles. The second-order valence-electron chi connectivity index (χ2n) is 2.49. The molecule has 0 bridgehead atoms. The van der Waals surface area contributed by atoms with Crippen molar-refractivity contribution in [2.24, 2.45) is 5.73 Å². The Hall–Kier alpha value is -1.62. The largest absolute Gasteiger partial charge is 0.366 e. The highest BCUT2D eigenvalue weighted by Gasteiger charge is 2.10. The van der Waals surface area contributed by atoms with Crippen LogP contribution in [0.1, 0.15) is 10.4 Å². The summed E-state index contributed by atoms with van der Waals surface area (Å²) in [4.78, 5) is 14.9. The quantitative estimate of drug-likeness (QED) is 0.659. The van der Waals surface area contributed by atoms with Gasteiger partial charge in [-0.15, -0.1) is 0 Å². The summed E-state index contributed by atoms with van der Waals surface area (Å²) in [6, 6.07) is 1.42. The van der Waals surface area contributed by atoms with Gasteiger partial charge in [0.15, 0.2) is 5.65 Å². The van der Waals surface area contributed by atoms with E-state index in [-0.39, 0.29) is 5.15 Å². The van der Waals surface area contributed by atoms with E-state index in [2.05, 4.69) is 15.2 Å². The Kier molecular flexibility index (Phi) is 1.66. The van der Waals surface area contributed by atoms with Crippen molar-refractivity contribution >= 4 is 28.5 Å². The lowest BCUT2D eigenvalue weighted by Crippen LogP contribution is -2.11. The molecule has 2 aromatic heterocycles. The van der Waals surface area contributed by atoms with Gasteiger partial charge in [-0.1, -0.05) is 11.6 Å². The number of halogens is 1. The van der Waals surface area contributed by atoms with Gasteiger partial charge in [0, 0.05) is 0 Å². The van der Waals surface area contributed by atoms with E-state index in [1.165, 1.54) is 12.3 Å². The lowest BCUT2D eigenvalue weighted by atomic mass is 10.2. The topological polar surface area (TPSA) is 84.7 Å². The molecular formula is C7H5ClN4O. The number of nitrogens with zero attached hydrogens (tertiary/aromatic N) is 2. The minimum Gasteiger partial charge on any atom is -0.366 e. The number of nitrogens with two attached hydrogens (primary N) is 1. The first-order valence-corrected chi connectivity index (χ1v) is 3.85. The zero-order valence-electron chi connectivity index (χ0n) is 6.41. The lowest BCUT2D eigenvalue weighted by molar-refractivity contribution is 0.100. The average Bonchev–Trinajstić information content (AvgIpc) is 2.49. The van der Waals surface area contributed by atoms with Gasteiger partial charge in [0.1, 0.15) is 5.15 Å². The smallest absolute Gasteiger partial charge is 0.249 e. The van der Waals surface area contributed by atoms with Crippen molar-refractivity contribution in [2.75, 3.05) is 0 Å². The number of hydrogen-bond acceptors (Lipinski definition) is 3. The van der Waals surface area contributed by atoms with Crippen molar-refractivity contribution in [1.82, 2.24) is 15.2 Å². The van der Waals surface area contributed by atoms with Crippen molar-refractivity contribution in [2.45, 2.75) is 0 Å². The highest BCUT2D eigenvalue weighted by Crippen LogP contribution is 2.17. The predicted molar refractivity (Wildman–Crippen MR) is 47.4 cm³/mol. The Balaban J connectivity index is 2.84. The number of H-pyrrole nitrogens is 1. The Labute approximate surface area is 77.9 Å². The molecule has 0 radical (unpaired) electrons. The maximum Gasteiger partial charge on any atom is 0.249 e. The standard InChI is InChI=1S/C7H5ClN4O/c8-5-1-3(6(9)13)4-2-10-12-7(4)11-5/h1-2H,(H2,9,13)(H,10,11,12). The van der Waals surface area contributed by atoms with E-state index < -0.39 is 5.91 Å². The van der Waals surface area contributed by atoms with Gasteiger partial charge in [-0.3, -0.25) is 9.89 Å². The lowest BCUT2D eigenvalue weighted by Gasteiger charge is -1.97. The van der Waals surface area contributed by atoms with Gasteiger partial charge >= 0.3 is 0 Å². The normalized spacial score (nSPS) is 10.5. The van der Waals surface area contributed by atoms with E-state index >= 15 is 0 Å². The van der Waals surface area contributed by atoms with Crippen LogP contribution in [0.15, 0.2) is 12.3 Å². The monoisotopic (exact) mass is 196 g/mol. The van der Waals surface area contributed by atoms with Crippen LogP contribution >= 0.6 is 11.6 Å². The predicted octanol–water partition coefficient (Wildman–Crippen LogP) is 0.710. The number of carbonyl (C=O) groups excluding carboxylic acids is 1. The van der Waals surface area contributed by atoms with Crippen molar-refractivity contribution < 1.29 is 4.79 Å². The molecule has 2 rings (SSSR count). The first-order valence-electron chi connectivity index (χ1n) is 3.48. The molecule has 0 fully saturated rings. The van der Waals surface area contributed by atoms with Crippen molar-refractivity contribution in [1.29, 1.82) is 0 Å². The molecule has 66 valence electrons. The number of pyridine rings is 1. The highest BCUT2D eigenvalue weighted by molar-refractivity contribution is 6.30. The summed E-state index contributed by atoms with van der Waals surface area (Å²) < 4.78 is 0. The minimum absolute atomic E-state index is 0.213. The van der Waals surface area contributed by atoms with Crippen molar-refractivity contribution in [3.8, 4) is 0 Å². The third-order valence-electron chi connectivity index (χ3n) is 1.66. The number of fused-ring (bicyclic) bond motifs is 1. The summed E-state index contributed by atoms with van der Waals surface area (Å²) in [5, 5.41) is 7.13. The molecule has 5 nitrogen and oxygen atoms in total. The molecule has 0 saturated carbocycles. The summed E-state index contributed by atoms with van der Waals surface area (Å²) >= 11 is 5.66. The van der Waals surface area contributed by atoms with E-state index in [0.29, 0.717) is 16.6 Å². The van der Waals surface area contributed by atoms with Crippen molar-refractivity contribution in [3.05, 3.63) is 23.0 Å². The number of carbonyl (C=O) groups is 1. The second-order valence-corrected chi connectivity index (χ2v) is 2.88. The Morgan fingerprint density at radius 1 is 1.62 bits per heavy atom. The van der Waals surface area contributed by atoms with Crippen LogP contribution in [0.5, 0.6) is 0 Å². The Bertz CT molecular complexity index is 478. The van der Waals surface area contributed by atoms with E-state index in [1.807, 2.05) is 0 Å². The highest BCUT2D eigenvalue weighted by atomic mass is 35.5. The zero-order chi connectivity index (χ0) is 9.42. The fourth-order valence-corrected chi connectivity index (χ4v) is 1.30. The Morgan fingerprint density at radius 3 is 3.08 bits per heavy atom. The van der Waals surface area contributed by atoms with Gasteiger partial charge in [0.2, 0.25) is 5.91 Å². The molecule has 0 aliphatic heterocycles. The molecule has 13 heavy (non-hydrogen) atoms. The third kappa shape index (κ3) is 1.23. The summed E-state index contributed by atoms with van der Waals surface area (Å²) in [6.07, 6.45) is 1.48. The number of rotatable bonds is 1. The third-order valence-corrected chi connectivity index (χ3v) is 1.85. The summed E-state index contributed by atoms with van der Waals surface area (Å²) in [6.45, 7) is 0. The maximum absolute atomic E-state index is 11.0. The second kappa shape index (κ2) is 2.70. The number of aromatic nitrogens is 3. The fourth-order valence-electron chi connectivity index (χ4n) is 1.10. The molecule has 2 heterocycles. The molecule has 0 aliphatic rings. The molecule has 2 aromatic rings. The van der Waals surface area contributed by atoms with Crippen LogP contribution in [-0.2, 0) is 0 Å². The van der Waals surface area contributed by atoms with E-state index in [1.54, 1.807) is 0 Å². The van der Waals surface area contributed by atoms with E-state index in [4.69, 9.17) is 17.3 Å². The van der Waals surface area contributed by atoms with E-state index in [0.717, 1.165) is 0 Å². The van der Waals surface area contributed by atoms with E-state index in [9.17, 15) is 4.79 Å². The van der Waals surface area contributed by atoms with Gasteiger partial charge in [0.05, 0.1) is 17.1 Å². The molecule has 3 N–H and O–H groups in total. The fraction of sp³-hybridized carbons (Fsp3) is 0. The summed E-state index contributed by atoms with van der Waals surface area (Å²) in [5.74, 6) is -0.546. The molecular weight excluding hydrogens is 192 g/mol. The Morgan fingerprint density at radius 2 is 2.38 bits per heavy atom. The maximum atomic E-state index is 11.0. The number of aromatic amines is 1. The molecule has 6 heteroatoms. The van der Waals surface area contributed by atoms with Gasteiger partial charge in [-0.05, 0) is 6.07 Å². The number of nitrogens with one attached hydrogen (secondary N) is 1. The van der Waals surface area contributed by atoms with Crippen LogP contribution in [0.25, 0.3) is 11.0 Å². The first-order chi connectivity index (χ1) is 6.18. The van der Waals surface area contributed by atoms with Crippen LogP contribution in [0.2, 0.25) is 5.15 Å². The number of primary amides is 1. The van der Waals surface area contributed by atoms with Crippen LogP contribution in [0.3, 0.4) is 0 Å². The van der Waals surface area contributed by atoms with Crippen LogP contribution in [-0.4, -0.2) is 21.1 Å². The minimum atomic E-state index is -0.546. The van der Waals surface area contributed by atoms with Crippen molar-refractivity contribution in [3.63, 3.8) is 0 Å². The molecule has 0 unspecified atom stereocenters. The molecule has 0 atom stereocenters. The zero-order valence-corrected chi connectivity index (χ0v) is 7.17. The van der Waals surface area contributed by atoms with Crippen LogP contribution in [0, 0.1) is 0 Å². The van der Waals surface area contributed by atoms with Crippen LogP contribution < -0.4 is 5.73 Å². The molecule has 0 aromatic carbocycles. The van der Waals surface area contributed by atoms with Gasteiger partial charge < -0.3 is 5.73 Å². The van der Waals surface area contributed by atoms with Crippen LogP contribution in [0.4, 0.5) is 0 Å². The molecule has 0 aliphatic carbocycles. The average molecular weight is 197 g/mol. The molecule has 0 spiro atoms. The summed E-state index contributed by atoms with van der Waals surface area (Å²) in [7, 11) is 0. The SMILES string of the molecule is NC(=O)c1cc(Cl)nc2[nH]ncc12. The van der Waals surface area contributed by atoms with Gasteiger partial charge in [-0.2, -0.15) is 5.10 Å². The number of amides is 1.